The second-order valence-corrected chi connectivity index (χ2v) is 9.42. The molecule has 2 aromatic rings. The Balaban J connectivity index is 1.98. The van der Waals surface area contributed by atoms with Crippen LogP contribution in [0.15, 0.2) is 43.7 Å². The predicted octanol–water partition coefficient (Wildman–Crippen LogP) is 2.79. The van der Waals surface area contributed by atoms with Crippen molar-refractivity contribution in [1.29, 1.82) is 0 Å². The predicted molar refractivity (Wildman–Crippen MR) is 122 cm³/mol. The first-order valence-corrected chi connectivity index (χ1v) is 11.3. The molecule has 0 fully saturated rings. The zero-order chi connectivity index (χ0) is 23.8. The van der Waals surface area contributed by atoms with E-state index in [1.54, 1.807) is 38.4 Å². The Morgan fingerprint density at radius 2 is 1.88 bits per heavy atom. The molecular weight excluding hydrogens is 434 g/mol. The van der Waals surface area contributed by atoms with E-state index in [4.69, 9.17) is 4.42 Å². The van der Waals surface area contributed by atoms with Gasteiger partial charge in [-0.15, -0.1) is 8.80 Å². The van der Waals surface area contributed by atoms with Crippen molar-refractivity contribution in [2.24, 2.45) is 14.7 Å². The topological polar surface area (TPSA) is 128 Å². The Hall–Kier alpha value is -3.34. The van der Waals surface area contributed by atoms with Crippen molar-refractivity contribution < 1.29 is 22.7 Å². The van der Waals surface area contributed by atoms with Crippen LogP contribution in [0.5, 0.6) is 5.75 Å². The highest BCUT2D eigenvalue weighted by molar-refractivity contribution is 7.89. The Morgan fingerprint density at radius 1 is 1.19 bits per heavy atom. The Morgan fingerprint density at radius 3 is 2.44 bits per heavy atom. The lowest BCUT2D eigenvalue weighted by molar-refractivity contribution is 0.0824. The third-order valence-corrected chi connectivity index (χ3v) is 5.79. The fourth-order valence-corrected chi connectivity index (χ4v) is 4.36. The molecule has 2 N–H and O–H groups in total. The number of hydrogen-bond acceptors (Lipinski definition) is 7. The van der Waals surface area contributed by atoms with Crippen molar-refractivity contribution in [3.05, 3.63) is 47.4 Å². The van der Waals surface area contributed by atoms with Gasteiger partial charge in [0.1, 0.15) is 5.76 Å². The molecular formula is C21H27N5O5S. The number of likely N-dealkylation sites (N-methyl/N-ethyl adjacent to an activating group) is 1. The molecule has 0 saturated heterocycles. The number of carbonyl (C=O) groups excluding carboxylic acids is 1. The van der Waals surface area contributed by atoms with Gasteiger partial charge in [0.05, 0.1) is 23.6 Å². The van der Waals surface area contributed by atoms with Gasteiger partial charge in [0.15, 0.2) is 17.4 Å². The van der Waals surface area contributed by atoms with Gasteiger partial charge in [0, 0.05) is 21.1 Å². The lowest BCUT2D eigenvalue weighted by Crippen LogP contribution is -2.40. The van der Waals surface area contributed by atoms with Crippen molar-refractivity contribution in [2.45, 2.75) is 26.8 Å². The summed E-state index contributed by atoms with van der Waals surface area (Å²) < 4.78 is 37.7. The SMILES string of the molecule is Cc1coc([C@@H](C(C)C)N(C)C2=NS(=O)(=O)N=C2Nc2cccc(C(=O)N(C)C)c2O)c1. The number of nitrogens with zero attached hydrogens (tertiary/aromatic N) is 4. The van der Waals surface area contributed by atoms with E-state index in [-0.39, 0.29) is 40.6 Å². The standard InChI is InChI=1S/C21H27N5O5S/c1-12(2)17(16-10-13(3)11-31-16)26(6)20-19(23-32(29,30)24-20)22-15-9-7-8-14(18(15)27)21(28)25(4)5/h7-12,17,27H,1-6H3,(H,22,23)/t17-/m1/s1. The normalized spacial score (nSPS) is 15.8. The maximum Gasteiger partial charge on any atom is 0.367 e. The quantitative estimate of drug-likeness (QED) is 0.655. The van der Waals surface area contributed by atoms with Crippen LogP contribution in [-0.2, 0) is 10.2 Å². The molecule has 32 heavy (non-hydrogen) atoms. The molecule has 1 aromatic carbocycles. The fourth-order valence-electron chi connectivity index (χ4n) is 3.53. The molecule has 0 spiro atoms. The second-order valence-electron chi connectivity index (χ2n) is 8.16. The molecule has 1 aliphatic rings. The van der Waals surface area contributed by atoms with E-state index in [0.29, 0.717) is 5.76 Å². The van der Waals surface area contributed by atoms with Crippen LogP contribution < -0.4 is 5.32 Å². The summed E-state index contributed by atoms with van der Waals surface area (Å²) in [6.07, 6.45) is 1.63. The summed E-state index contributed by atoms with van der Waals surface area (Å²) in [4.78, 5) is 15.3. The molecule has 0 saturated carbocycles. The van der Waals surface area contributed by atoms with Gasteiger partial charge in [-0.25, -0.2) is 0 Å². The van der Waals surface area contributed by atoms with Crippen LogP contribution in [0.1, 0.15) is 41.6 Å². The van der Waals surface area contributed by atoms with Gasteiger partial charge < -0.3 is 24.6 Å². The molecule has 0 unspecified atom stereocenters. The van der Waals surface area contributed by atoms with Crippen LogP contribution in [0.4, 0.5) is 5.69 Å². The second kappa shape index (κ2) is 8.65. The van der Waals surface area contributed by atoms with Gasteiger partial charge in [-0.1, -0.05) is 19.9 Å². The number of phenols is 1. The minimum Gasteiger partial charge on any atom is -0.505 e. The highest BCUT2D eigenvalue weighted by atomic mass is 32.2. The summed E-state index contributed by atoms with van der Waals surface area (Å²) >= 11 is 0. The van der Waals surface area contributed by atoms with Gasteiger partial charge in [-0.2, -0.15) is 8.42 Å². The van der Waals surface area contributed by atoms with Crippen LogP contribution in [0.25, 0.3) is 0 Å². The number of nitrogens with one attached hydrogen (secondary N) is 1. The summed E-state index contributed by atoms with van der Waals surface area (Å²) in [6.45, 7) is 5.87. The lowest BCUT2D eigenvalue weighted by Gasteiger charge is -2.31. The summed E-state index contributed by atoms with van der Waals surface area (Å²) in [7, 11) is 0.719. The highest BCUT2D eigenvalue weighted by Gasteiger charge is 2.34. The molecule has 1 aromatic heterocycles. The zero-order valence-corrected chi connectivity index (χ0v) is 19.6. The maximum absolute atomic E-state index is 12.3. The molecule has 1 atom stereocenters. The van der Waals surface area contributed by atoms with Crippen LogP contribution in [0.2, 0.25) is 0 Å². The average molecular weight is 462 g/mol. The van der Waals surface area contributed by atoms with Crippen molar-refractivity contribution in [3.63, 3.8) is 0 Å². The van der Waals surface area contributed by atoms with E-state index in [1.807, 2.05) is 26.8 Å². The van der Waals surface area contributed by atoms with E-state index in [0.717, 1.165) is 5.56 Å². The number of para-hydroxylation sites is 1. The van der Waals surface area contributed by atoms with Crippen LogP contribution in [0.3, 0.4) is 0 Å². The number of anilines is 1. The number of amidine groups is 2. The fraction of sp³-hybridized carbons (Fsp3) is 0.381. The zero-order valence-electron chi connectivity index (χ0n) is 18.8. The largest absolute Gasteiger partial charge is 0.505 e. The van der Waals surface area contributed by atoms with Crippen LogP contribution in [-0.4, -0.2) is 62.0 Å². The molecule has 172 valence electrons. The molecule has 11 heteroatoms. The third-order valence-electron chi connectivity index (χ3n) is 4.97. The van der Waals surface area contributed by atoms with E-state index >= 15 is 0 Å². The van der Waals surface area contributed by atoms with Crippen LogP contribution in [0, 0.1) is 12.8 Å². The minimum atomic E-state index is -4.11. The summed E-state index contributed by atoms with van der Waals surface area (Å²) in [5, 5.41) is 13.4. The monoisotopic (exact) mass is 461 g/mol. The van der Waals surface area contributed by atoms with Crippen molar-refractivity contribution in [2.75, 3.05) is 26.5 Å². The summed E-state index contributed by atoms with van der Waals surface area (Å²) in [5.74, 6) is 0.00108. The first-order chi connectivity index (χ1) is 14.9. The number of carbonyl (C=O) groups is 1. The van der Waals surface area contributed by atoms with Gasteiger partial charge in [-0.05, 0) is 36.6 Å². The van der Waals surface area contributed by atoms with E-state index < -0.39 is 16.1 Å². The minimum absolute atomic E-state index is 0.0484. The van der Waals surface area contributed by atoms with E-state index in [2.05, 4.69) is 14.1 Å². The molecule has 0 radical (unpaired) electrons. The van der Waals surface area contributed by atoms with Gasteiger partial charge in [0.25, 0.3) is 5.91 Å². The molecule has 2 heterocycles. The number of phenolic OH excluding ortho intramolecular Hbond substituents is 1. The van der Waals surface area contributed by atoms with Gasteiger partial charge >= 0.3 is 10.2 Å². The van der Waals surface area contributed by atoms with E-state index in [9.17, 15) is 18.3 Å². The number of amides is 1. The number of rotatable bonds is 5. The van der Waals surface area contributed by atoms with Crippen molar-refractivity contribution in [1.82, 2.24) is 9.80 Å². The van der Waals surface area contributed by atoms with Gasteiger partial charge in [-0.3, -0.25) is 4.79 Å². The van der Waals surface area contributed by atoms with Crippen molar-refractivity contribution in [3.8, 4) is 5.75 Å². The van der Waals surface area contributed by atoms with E-state index in [1.165, 1.54) is 17.0 Å². The van der Waals surface area contributed by atoms with Gasteiger partial charge in [0.2, 0.25) is 0 Å². The van der Waals surface area contributed by atoms with Crippen molar-refractivity contribution >= 4 is 33.5 Å². The first-order valence-electron chi connectivity index (χ1n) is 9.95. The Labute approximate surface area is 187 Å². The summed E-state index contributed by atoms with van der Waals surface area (Å²) in [5.41, 5.74) is 1.14. The molecule has 3 rings (SSSR count). The Kier molecular flexibility index (Phi) is 6.31. The number of furan rings is 1. The first kappa shape index (κ1) is 23.3. The molecule has 0 aliphatic carbocycles. The molecule has 1 amide bonds. The number of hydrogen-bond donors (Lipinski definition) is 2. The smallest absolute Gasteiger partial charge is 0.367 e. The molecule has 10 nitrogen and oxygen atoms in total. The number of aromatic hydroxyl groups is 1. The maximum atomic E-state index is 12.3. The molecule has 1 aliphatic heterocycles. The summed E-state index contributed by atoms with van der Waals surface area (Å²) in [6, 6.07) is 6.13. The Bertz CT molecular complexity index is 1200. The lowest BCUT2D eigenvalue weighted by atomic mass is 9.99. The molecule has 0 bridgehead atoms. The van der Waals surface area contributed by atoms with Crippen LogP contribution >= 0.6 is 0 Å². The number of benzene rings is 1. The third kappa shape index (κ3) is 4.62. The average Bonchev–Trinajstić information content (AvgIpc) is 3.24. The number of aryl methyl sites for hydroxylation is 1. The highest BCUT2D eigenvalue weighted by Crippen LogP contribution is 2.32.